The van der Waals surface area contributed by atoms with Crippen LogP contribution in [0.3, 0.4) is 0 Å². The van der Waals surface area contributed by atoms with Crippen molar-refractivity contribution >= 4 is 22.7 Å². The summed E-state index contributed by atoms with van der Waals surface area (Å²) in [6.07, 6.45) is 5.46. The molecule has 0 aromatic carbocycles. The number of nitrogens with zero attached hydrogens (tertiary/aromatic N) is 2. The molecule has 1 aliphatic heterocycles. The van der Waals surface area contributed by atoms with Gasteiger partial charge in [0.15, 0.2) is 0 Å². The van der Waals surface area contributed by atoms with Gasteiger partial charge in [0.05, 0.1) is 23.0 Å². The zero-order valence-corrected chi connectivity index (χ0v) is 12.2. The third-order valence-corrected chi connectivity index (χ3v) is 4.03. The van der Waals surface area contributed by atoms with E-state index in [1.807, 2.05) is 13.0 Å². The number of rotatable bonds is 4. The molecule has 0 radical (unpaired) electrons. The Morgan fingerprint density at radius 2 is 2.29 bits per heavy atom. The Bertz CT molecular complexity index is 632. The third kappa shape index (κ3) is 3.39. The molecule has 2 aromatic heterocycles. The van der Waals surface area contributed by atoms with E-state index in [-0.39, 0.29) is 5.91 Å². The minimum absolute atomic E-state index is 0.0452. The number of piperidine rings is 1. The highest BCUT2D eigenvalue weighted by Gasteiger charge is 2.15. The molecule has 21 heavy (non-hydrogen) atoms. The summed E-state index contributed by atoms with van der Waals surface area (Å²) in [5.74, 6) is 0.710. The van der Waals surface area contributed by atoms with Crippen molar-refractivity contribution in [2.24, 2.45) is 5.92 Å². The zero-order chi connectivity index (χ0) is 14.7. The minimum Gasteiger partial charge on any atom is -0.336 e. The van der Waals surface area contributed by atoms with Gasteiger partial charge < -0.3 is 15.2 Å². The summed E-state index contributed by atoms with van der Waals surface area (Å²) in [4.78, 5) is 16.2. The van der Waals surface area contributed by atoms with Gasteiger partial charge in [0.1, 0.15) is 0 Å². The lowest BCUT2D eigenvalue weighted by molar-refractivity contribution is -0.116. The molecule has 0 aliphatic carbocycles. The topological polar surface area (TPSA) is 80.1 Å². The standard InChI is InChI=1S/C15H20N4O2/c1-10-13-8-12(9-17-15(13)21-19-10)18-14(20)3-2-11-4-6-16-7-5-11/h8-9,11,16H,2-7H2,1H3,(H,18,20). The lowest BCUT2D eigenvalue weighted by Gasteiger charge is -2.22. The van der Waals surface area contributed by atoms with E-state index in [4.69, 9.17) is 4.52 Å². The van der Waals surface area contributed by atoms with Crippen LogP contribution in [0.25, 0.3) is 11.1 Å². The van der Waals surface area contributed by atoms with Crippen LogP contribution in [0, 0.1) is 12.8 Å². The van der Waals surface area contributed by atoms with Gasteiger partial charge in [-0.1, -0.05) is 5.16 Å². The van der Waals surface area contributed by atoms with Crippen LogP contribution in [0.2, 0.25) is 0 Å². The van der Waals surface area contributed by atoms with Gasteiger partial charge in [-0.3, -0.25) is 4.79 Å². The van der Waals surface area contributed by atoms with E-state index >= 15 is 0 Å². The lowest BCUT2D eigenvalue weighted by atomic mass is 9.93. The highest BCUT2D eigenvalue weighted by atomic mass is 16.5. The quantitative estimate of drug-likeness (QED) is 0.902. The van der Waals surface area contributed by atoms with Gasteiger partial charge in [-0.05, 0) is 51.3 Å². The second-order valence-electron chi connectivity index (χ2n) is 5.62. The molecular formula is C15H20N4O2. The highest BCUT2D eigenvalue weighted by molar-refractivity contribution is 5.92. The molecule has 0 bridgehead atoms. The maximum Gasteiger partial charge on any atom is 0.258 e. The summed E-state index contributed by atoms with van der Waals surface area (Å²) >= 11 is 0. The molecule has 0 saturated carbocycles. The Morgan fingerprint density at radius 3 is 3.10 bits per heavy atom. The molecule has 1 aliphatic rings. The summed E-state index contributed by atoms with van der Waals surface area (Å²) in [6.45, 7) is 4.00. The van der Waals surface area contributed by atoms with Crippen molar-refractivity contribution in [2.75, 3.05) is 18.4 Å². The molecule has 6 heteroatoms. The lowest BCUT2D eigenvalue weighted by Crippen LogP contribution is -2.28. The summed E-state index contributed by atoms with van der Waals surface area (Å²) in [7, 11) is 0. The Balaban J connectivity index is 1.56. The van der Waals surface area contributed by atoms with Gasteiger partial charge in [0.25, 0.3) is 5.71 Å². The number of aryl methyl sites for hydroxylation is 1. The maximum absolute atomic E-state index is 12.0. The zero-order valence-electron chi connectivity index (χ0n) is 12.2. The SMILES string of the molecule is Cc1noc2ncc(NC(=O)CCC3CCNCC3)cc12. The van der Waals surface area contributed by atoms with Crippen LogP contribution in [0.4, 0.5) is 5.69 Å². The molecule has 0 unspecified atom stereocenters. The molecule has 2 N–H and O–H groups in total. The third-order valence-electron chi connectivity index (χ3n) is 4.03. The fraction of sp³-hybridized carbons (Fsp3) is 0.533. The number of hydrogen-bond acceptors (Lipinski definition) is 5. The van der Waals surface area contributed by atoms with E-state index < -0.39 is 0 Å². The van der Waals surface area contributed by atoms with E-state index in [1.165, 1.54) is 12.8 Å². The molecule has 2 aromatic rings. The Kier molecular flexibility index (Phi) is 4.15. The predicted molar refractivity (Wildman–Crippen MR) is 80.0 cm³/mol. The summed E-state index contributed by atoms with van der Waals surface area (Å²) in [5, 5.41) is 10.9. The number of aromatic nitrogens is 2. The second kappa shape index (κ2) is 6.22. The second-order valence-corrected chi connectivity index (χ2v) is 5.62. The largest absolute Gasteiger partial charge is 0.336 e. The van der Waals surface area contributed by atoms with Crippen molar-refractivity contribution in [3.05, 3.63) is 18.0 Å². The monoisotopic (exact) mass is 288 g/mol. The molecule has 1 saturated heterocycles. The van der Waals surface area contributed by atoms with E-state index in [9.17, 15) is 4.79 Å². The van der Waals surface area contributed by atoms with Crippen LogP contribution < -0.4 is 10.6 Å². The van der Waals surface area contributed by atoms with Gasteiger partial charge in [-0.2, -0.15) is 0 Å². The maximum atomic E-state index is 12.0. The fourth-order valence-electron chi connectivity index (χ4n) is 2.74. The van der Waals surface area contributed by atoms with Gasteiger partial charge in [-0.25, -0.2) is 4.98 Å². The average Bonchev–Trinajstić information content (AvgIpc) is 2.87. The van der Waals surface area contributed by atoms with E-state index in [0.717, 1.165) is 30.6 Å². The molecule has 1 amide bonds. The van der Waals surface area contributed by atoms with Crippen molar-refractivity contribution in [3.63, 3.8) is 0 Å². The molecule has 3 rings (SSSR count). The number of hydrogen-bond donors (Lipinski definition) is 2. The number of anilines is 1. The van der Waals surface area contributed by atoms with Gasteiger partial charge >= 0.3 is 0 Å². The van der Waals surface area contributed by atoms with Gasteiger partial charge in [0.2, 0.25) is 5.91 Å². The first kappa shape index (κ1) is 14.0. The molecule has 6 nitrogen and oxygen atoms in total. The Hall–Kier alpha value is -1.95. The van der Waals surface area contributed by atoms with Crippen molar-refractivity contribution in [3.8, 4) is 0 Å². The summed E-state index contributed by atoms with van der Waals surface area (Å²) in [5.41, 5.74) is 1.98. The van der Waals surface area contributed by atoms with Crippen molar-refractivity contribution in [1.82, 2.24) is 15.5 Å². The Labute approximate surface area is 123 Å². The molecular weight excluding hydrogens is 268 g/mol. The first-order valence-corrected chi connectivity index (χ1v) is 7.45. The van der Waals surface area contributed by atoms with Gasteiger partial charge in [-0.15, -0.1) is 0 Å². The molecule has 0 spiro atoms. The van der Waals surface area contributed by atoms with Crippen LogP contribution in [-0.4, -0.2) is 29.1 Å². The predicted octanol–water partition coefficient (Wildman–Crippen LogP) is 2.25. The van der Waals surface area contributed by atoms with Crippen LogP contribution in [-0.2, 0) is 4.79 Å². The van der Waals surface area contributed by atoms with E-state index in [0.29, 0.717) is 23.7 Å². The van der Waals surface area contributed by atoms with Crippen LogP contribution in [0.1, 0.15) is 31.4 Å². The molecule has 112 valence electrons. The first-order valence-electron chi connectivity index (χ1n) is 7.45. The number of carbonyl (C=O) groups is 1. The minimum atomic E-state index is 0.0452. The number of fused-ring (bicyclic) bond motifs is 1. The molecule has 0 atom stereocenters. The number of carbonyl (C=O) groups excluding carboxylic acids is 1. The number of pyridine rings is 1. The molecule has 3 heterocycles. The smallest absolute Gasteiger partial charge is 0.258 e. The average molecular weight is 288 g/mol. The molecule has 1 fully saturated rings. The summed E-state index contributed by atoms with van der Waals surface area (Å²) < 4.78 is 5.06. The van der Waals surface area contributed by atoms with E-state index in [1.54, 1.807) is 6.20 Å². The van der Waals surface area contributed by atoms with Crippen LogP contribution in [0.5, 0.6) is 0 Å². The fourth-order valence-corrected chi connectivity index (χ4v) is 2.74. The van der Waals surface area contributed by atoms with Crippen molar-refractivity contribution < 1.29 is 9.32 Å². The van der Waals surface area contributed by atoms with Crippen molar-refractivity contribution in [2.45, 2.75) is 32.6 Å². The normalized spacial score (nSPS) is 16.2. The number of amides is 1. The number of nitrogens with one attached hydrogen (secondary N) is 2. The highest BCUT2D eigenvalue weighted by Crippen LogP contribution is 2.21. The van der Waals surface area contributed by atoms with E-state index in [2.05, 4.69) is 20.8 Å². The van der Waals surface area contributed by atoms with Gasteiger partial charge in [0, 0.05) is 6.42 Å². The summed E-state index contributed by atoms with van der Waals surface area (Å²) in [6, 6.07) is 1.86. The van der Waals surface area contributed by atoms with Crippen LogP contribution >= 0.6 is 0 Å². The first-order chi connectivity index (χ1) is 10.2. The van der Waals surface area contributed by atoms with Crippen molar-refractivity contribution in [1.29, 1.82) is 0 Å². The van der Waals surface area contributed by atoms with Crippen LogP contribution in [0.15, 0.2) is 16.8 Å². The Morgan fingerprint density at radius 1 is 1.48 bits per heavy atom.